The highest BCUT2D eigenvalue weighted by molar-refractivity contribution is 5.50. The molecule has 0 aliphatic heterocycles. The van der Waals surface area contributed by atoms with Crippen LogP contribution in [0.4, 0.5) is 19.0 Å². The van der Waals surface area contributed by atoms with Gasteiger partial charge in [-0.05, 0) is 0 Å². The van der Waals surface area contributed by atoms with Gasteiger partial charge >= 0.3 is 6.18 Å². The number of nitrogens with zero attached hydrogens (tertiary/aromatic N) is 5. The molecule has 0 fully saturated rings. The van der Waals surface area contributed by atoms with Crippen molar-refractivity contribution in [2.24, 2.45) is 0 Å². The highest BCUT2D eigenvalue weighted by Crippen LogP contribution is 2.26. The summed E-state index contributed by atoms with van der Waals surface area (Å²) >= 11 is 0. The van der Waals surface area contributed by atoms with E-state index in [2.05, 4.69) is 15.1 Å². The number of nitriles is 1. The minimum Gasteiger partial charge on any atom is -0.382 e. The van der Waals surface area contributed by atoms with E-state index in [0.717, 1.165) is 10.7 Å². The number of alkyl halides is 3. The predicted molar refractivity (Wildman–Crippen MR) is 44.9 cm³/mol. The smallest absolute Gasteiger partial charge is 0.382 e. The number of nitrogen functional groups attached to an aromatic ring is 1. The zero-order chi connectivity index (χ0) is 11.9. The van der Waals surface area contributed by atoms with Gasteiger partial charge in [0.15, 0.2) is 0 Å². The summed E-state index contributed by atoms with van der Waals surface area (Å²) in [5, 5.41) is 11.7. The van der Waals surface area contributed by atoms with Crippen LogP contribution in [-0.4, -0.2) is 19.6 Å². The Kier molecular flexibility index (Phi) is 1.94. The second-order valence-electron chi connectivity index (χ2n) is 2.83. The van der Waals surface area contributed by atoms with Crippen LogP contribution >= 0.6 is 0 Å². The molecule has 0 aliphatic carbocycles. The third-order valence-corrected chi connectivity index (χ3v) is 1.74. The lowest BCUT2D eigenvalue weighted by atomic mass is 10.3. The normalized spacial score (nSPS) is 11.6. The second kappa shape index (κ2) is 3.06. The van der Waals surface area contributed by atoms with Crippen LogP contribution in [0.15, 0.2) is 6.20 Å². The molecule has 16 heavy (non-hydrogen) atoms. The number of nitrogens with two attached hydrogens (primary N) is 1. The van der Waals surface area contributed by atoms with Crippen LogP contribution < -0.4 is 5.73 Å². The van der Waals surface area contributed by atoms with E-state index in [1.807, 2.05) is 0 Å². The molecule has 0 saturated heterocycles. The SMILES string of the molecule is N#Cc1cn2nc(C(F)(F)F)nc2nc1N. The third kappa shape index (κ3) is 1.50. The highest BCUT2D eigenvalue weighted by Gasteiger charge is 2.36. The van der Waals surface area contributed by atoms with Crippen molar-refractivity contribution in [2.75, 3.05) is 5.73 Å². The molecule has 0 aliphatic rings. The fourth-order valence-corrected chi connectivity index (χ4v) is 1.04. The monoisotopic (exact) mass is 228 g/mol. The van der Waals surface area contributed by atoms with Gasteiger partial charge in [0.1, 0.15) is 17.5 Å². The van der Waals surface area contributed by atoms with Gasteiger partial charge in [-0.2, -0.15) is 28.4 Å². The summed E-state index contributed by atoms with van der Waals surface area (Å²) in [6.07, 6.45) is -3.62. The fourth-order valence-electron chi connectivity index (χ4n) is 1.04. The zero-order valence-electron chi connectivity index (χ0n) is 7.52. The maximum Gasteiger partial charge on any atom is 0.453 e. The molecule has 0 unspecified atom stereocenters. The molecule has 0 atom stereocenters. The van der Waals surface area contributed by atoms with E-state index in [0.29, 0.717) is 0 Å². The summed E-state index contributed by atoms with van der Waals surface area (Å²) in [5.41, 5.74) is 5.26. The van der Waals surface area contributed by atoms with Gasteiger partial charge in [-0.25, -0.2) is 4.52 Å². The molecule has 2 aromatic rings. The molecule has 0 spiro atoms. The van der Waals surface area contributed by atoms with E-state index in [9.17, 15) is 13.2 Å². The Labute approximate surface area is 86.1 Å². The van der Waals surface area contributed by atoms with Crippen LogP contribution in [0.3, 0.4) is 0 Å². The molecule has 0 radical (unpaired) electrons. The van der Waals surface area contributed by atoms with Gasteiger partial charge in [0, 0.05) is 0 Å². The van der Waals surface area contributed by atoms with Crippen molar-refractivity contribution in [3.8, 4) is 6.07 Å². The number of hydrogen-bond acceptors (Lipinski definition) is 5. The van der Waals surface area contributed by atoms with E-state index < -0.39 is 12.0 Å². The summed E-state index contributed by atoms with van der Waals surface area (Å²) in [7, 11) is 0. The first-order valence-electron chi connectivity index (χ1n) is 3.92. The molecule has 0 amide bonds. The van der Waals surface area contributed by atoms with Crippen molar-refractivity contribution in [1.82, 2.24) is 19.6 Å². The Hall–Kier alpha value is -2.37. The standard InChI is InChI=1S/C7H3F3N6/c8-7(9,10)5-14-6-13-4(12)3(1-11)2-16(6)15-5/h2H,(H2,12,13,14,15). The van der Waals surface area contributed by atoms with Crippen molar-refractivity contribution in [3.05, 3.63) is 17.6 Å². The summed E-state index contributed by atoms with van der Waals surface area (Å²) < 4.78 is 37.5. The van der Waals surface area contributed by atoms with Crippen LogP contribution in [0.1, 0.15) is 11.4 Å². The topological polar surface area (TPSA) is 92.9 Å². The van der Waals surface area contributed by atoms with Gasteiger partial charge in [0.25, 0.3) is 11.6 Å². The Balaban J connectivity index is 2.68. The average molecular weight is 228 g/mol. The molecule has 9 heteroatoms. The van der Waals surface area contributed by atoms with Crippen LogP contribution in [0.5, 0.6) is 0 Å². The molecular formula is C7H3F3N6. The van der Waals surface area contributed by atoms with Gasteiger partial charge < -0.3 is 5.73 Å². The van der Waals surface area contributed by atoms with Crippen molar-refractivity contribution in [1.29, 1.82) is 5.26 Å². The molecule has 2 aromatic heterocycles. The molecule has 2 N–H and O–H groups in total. The zero-order valence-corrected chi connectivity index (χ0v) is 7.52. The minimum absolute atomic E-state index is 0.0638. The van der Waals surface area contributed by atoms with Gasteiger partial charge in [-0.3, -0.25) is 0 Å². The number of hydrogen-bond donors (Lipinski definition) is 1. The maximum absolute atomic E-state index is 12.2. The molecule has 82 valence electrons. The lowest BCUT2D eigenvalue weighted by Crippen LogP contribution is -2.07. The number of anilines is 1. The molecule has 0 bridgehead atoms. The summed E-state index contributed by atoms with van der Waals surface area (Å²) in [5.74, 6) is -1.81. The van der Waals surface area contributed by atoms with Crippen LogP contribution in [-0.2, 0) is 6.18 Å². The van der Waals surface area contributed by atoms with E-state index in [4.69, 9.17) is 11.0 Å². The van der Waals surface area contributed by atoms with Gasteiger partial charge in [0.2, 0.25) is 0 Å². The Morgan fingerprint density at radius 1 is 1.38 bits per heavy atom. The Morgan fingerprint density at radius 3 is 2.62 bits per heavy atom. The fraction of sp³-hybridized carbons (Fsp3) is 0.143. The van der Waals surface area contributed by atoms with Crippen molar-refractivity contribution in [2.45, 2.75) is 6.18 Å². The van der Waals surface area contributed by atoms with Gasteiger partial charge in [-0.1, -0.05) is 0 Å². The summed E-state index contributed by atoms with van der Waals surface area (Å²) in [6.45, 7) is 0. The highest BCUT2D eigenvalue weighted by atomic mass is 19.4. The van der Waals surface area contributed by atoms with Crippen molar-refractivity contribution >= 4 is 11.6 Å². The van der Waals surface area contributed by atoms with Crippen LogP contribution in [0.2, 0.25) is 0 Å². The lowest BCUT2D eigenvalue weighted by Gasteiger charge is -1.96. The number of rotatable bonds is 0. The van der Waals surface area contributed by atoms with E-state index in [1.54, 1.807) is 6.07 Å². The first-order valence-corrected chi connectivity index (χ1v) is 3.92. The summed E-state index contributed by atoms with van der Waals surface area (Å²) in [6, 6.07) is 1.68. The lowest BCUT2D eigenvalue weighted by molar-refractivity contribution is -0.144. The van der Waals surface area contributed by atoms with E-state index in [-0.39, 0.29) is 17.2 Å². The Morgan fingerprint density at radius 2 is 2.06 bits per heavy atom. The second-order valence-corrected chi connectivity index (χ2v) is 2.83. The van der Waals surface area contributed by atoms with Gasteiger partial charge in [-0.15, -0.1) is 5.10 Å². The van der Waals surface area contributed by atoms with Gasteiger partial charge in [0.05, 0.1) is 6.20 Å². The molecule has 6 nitrogen and oxygen atoms in total. The quantitative estimate of drug-likeness (QED) is 0.712. The van der Waals surface area contributed by atoms with E-state index >= 15 is 0 Å². The first-order chi connectivity index (χ1) is 7.41. The average Bonchev–Trinajstić information content (AvgIpc) is 2.58. The molecule has 0 saturated carbocycles. The number of aromatic nitrogens is 4. The summed E-state index contributed by atoms with van der Waals surface area (Å²) in [4.78, 5) is 6.67. The first kappa shape index (κ1) is 10.2. The van der Waals surface area contributed by atoms with Crippen LogP contribution in [0.25, 0.3) is 5.78 Å². The molecular weight excluding hydrogens is 225 g/mol. The number of halogens is 3. The predicted octanol–water partition coefficient (Wildman–Crippen LogP) is 0.597. The van der Waals surface area contributed by atoms with Crippen LogP contribution in [0, 0.1) is 11.3 Å². The molecule has 0 aromatic carbocycles. The third-order valence-electron chi connectivity index (χ3n) is 1.74. The Bertz CT molecular complexity index is 592. The number of fused-ring (bicyclic) bond motifs is 1. The maximum atomic E-state index is 12.2. The molecule has 2 heterocycles. The van der Waals surface area contributed by atoms with Crippen molar-refractivity contribution < 1.29 is 13.2 Å². The largest absolute Gasteiger partial charge is 0.453 e. The van der Waals surface area contributed by atoms with E-state index in [1.165, 1.54) is 0 Å². The minimum atomic E-state index is -4.66. The molecule has 2 rings (SSSR count). The van der Waals surface area contributed by atoms with Crippen molar-refractivity contribution in [3.63, 3.8) is 0 Å².